The zero-order valence-electron chi connectivity index (χ0n) is 16.6. The summed E-state index contributed by atoms with van der Waals surface area (Å²) in [6, 6.07) is 17.3. The number of hydrogen-bond donors (Lipinski definition) is 0. The van der Waals surface area contributed by atoms with Gasteiger partial charge in [0.05, 0.1) is 44.2 Å². The van der Waals surface area contributed by atoms with Crippen molar-refractivity contribution in [1.82, 2.24) is 4.98 Å². The maximum Gasteiger partial charge on any atom is 0.0849 e. The monoisotopic (exact) mass is 465 g/mol. The van der Waals surface area contributed by atoms with Crippen molar-refractivity contribution >= 4 is 46.0 Å². The Morgan fingerprint density at radius 2 is 1.07 bits per heavy atom. The van der Waals surface area contributed by atoms with Gasteiger partial charge in [-0.3, -0.25) is 0 Å². The normalized spacial score (nSPS) is 11.9. The van der Waals surface area contributed by atoms with Crippen molar-refractivity contribution in [1.29, 1.82) is 0 Å². The van der Waals surface area contributed by atoms with E-state index in [0.717, 1.165) is 45.3 Å². The van der Waals surface area contributed by atoms with Crippen LogP contribution in [0.5, 0.6) is 0 Å². The molecule has 0 bridgehead atoms. The molecular weight excluding hydrogens is 445 g/mol. The average molecular weight is 466 g/mol. The SMILES string of the molecule is CC(=Nc1c(C)cccc1Cl)c1cccc(C(C)=Nc2c(C)cccc2Cl)n1.[Fe]. The fraction of sp³-hybridized carbons (Fsp3) is 0.174. The van der Waals surface area contributed by atoms with Gasteiger partial charge in [-0.25, -0.2) is 15.0 Å². The number of para-hydroxylation sites is 2. The van der Waals surface area contributed by atoms with E-state index in [1.54, 1.807) is 0 Å². The predicted molar refractivity (Wildman–Crippen MR) is 120 cm³/mol. The van der Waals surface area contributed by atoms with Gasteiger partial charge in [-0.1, -0.05) is 53.5 Å². The number of aliphatic imine (C=N–C) groups is 2. The molecule has 2 aromatic carbocycles. The van der Waals surface area contributed by atoms with Crippen LogP contribution in [0.4, 0.5) is 11.4 Å². The summed E-state index contributed by atoms with van der Waals surface area (Å²) in [5, 5.41) is 1.25. The van der Waals surface area contributed by atoms with Crippen LogP contribution >= 0.6 is 23.2 Å². The van der Waals surface area contributed by atoms with E-state index in [-0.39, 0.29) is 17.1 Å². The molecule has 0 aliphatic heterocycles. The summed E-state index contributed by atoms with van der Waals surface area (Å²) in [4.78, 5) is 14.1. The first-order valence-corrected chi connectivity index (χ1v) is 9.71. The van der Waals surface area contributed by atoms with E-state index in [9.17, 15) is 0 Å². The van der Waals surface area contributed by atoms with Crippen LogP contribution in [0.2, 0.25) is 10.0 Å². The Morgan fingerprint density at radius 3 is 1.45 bits per heavy atom. The maximum absolute atomic E-state index is 6.30. The number of rotatable bonds is 4. The van der Waals surface area contributed by atoms with E-state index in [2.05, 4.69) is 0 Å². The van der Waals surface area contributed by atoms with Crippen molar-refractivity contribution in [2.24, 2.45) is 9.98 Å². The van der Waals surface area contributed by atoms with Gasteiger partial charge in [-0.05, 0) is 63.1 Å². The molecule has 0 spiro atoms. The maximum atomic E-state index is 6.30. The number of nitrogens with zero attached hydrogens (tertiary/aromatic N) is 3. The Bertz CT molecular complexity index is 968. The van der Waals surface area contributed by atoms with E-state index in [0.29, 0.717) is 10.0 Å². The summed E-state index contributed by atoms with van der Waals surface area (Å²) in [6.45, 7) is 7.84. The summed E-state index contributed by atoms with van der Waals surface area (Å²) in [7, 11) is 0. The predicted octanol–water partition coefficient (Wildman–Crippen LogP) is 7.28. The molecule has 6 heteroatoms. The second-order valence-corrected chi connectivity index (χ2v) is 7.43. The first-order valence-electron chi connectivity index (χ1n) is 8.95. The number of pyridine rings is 1. The molecule has 3 nitrogen and oxygen atoms in total. The van der Waals surface area contributed by atoms with E-state index in [1.165, 1.54) is 0 Å². The molecule has 1 aromatic heterocycles. The van der Waals surface area contributed by atoms with Gasteiger partial charge in [0.25, 0.3) is 0 Å². The molecule has 3 aromatic rings. The first-order chi connectivity index (χ1) is 13.4. The molecule has 0 atom stereocenters. The van der Waals surface area contributed by atoms with Crippen molar-refractivity contribution in [2.75, 3.05) is 0 Å². The smallest absolute Gasteiger partial charge is 0.0849 e. The molecule has 0 aliphatic rings. The summed E-state index contributed by atoms with van der Waals surface area (Å²) in [5.41, 5.74) is 6.73. The van der Waals surface area contributed by atoms with Crippen LogP contribution in [0.1, 0.15) is 36.4 Å². The number of hydrogen-bond acceptors (Lipinski definition) is 3. The zero-order valence-corrected chi connectivity index (χ0v) is 19.3. The van der Waals surface area contributed by atoms with Crippen LogP contribution < -0.4 is 0 Å². The summed E-state index contributed by atoms with van der Waals surface area (Å²) < 4.78 is 0. The van der Waals surface area contributed by atoms with E-state index in [4.69, 9.17) is 38.2 Å². The Kier molecular flexibility index (Phi) is 8.18. The Balaban J connectivity index is 0.00000300. The Labute approximate surface area is 192 Å². The largest absolute Gasteiger partial charge is 0.250 e. The zero-order chi connectivity index (χ0) is 20.3. The summed E-state index contributed by atoms with van der Waals surface area (Å²) >= 11 is 12.6. The Morgan fingerprint density at radius 1 is 0.690 bits per heavy atom. The van der Waals surface area contributed by atoms with Gasteiger partial charge in [0.15, 0.2) is 0 Å². The van der Waals surface area contributed by atoms with Gasteiger partial charge >= 0.3 is 0 Å². The number of halogens is 2. The first kappa shape index (κ1) is 23.3. The fourth-order valence-corrected chi connectivity index (χ4v) is 3.35. The van der Waals surface area contributed by atoms with E-state index in [1.807, 2.05) is 82.3 Å². The van der Waals surface area contributed by atoms with Crippen LogP contribution in [0.25, 0.3) is 0 Å². The minimum atomic E-state index is 0. The second-order valence-electron chi connectivity index (χ2n) is 6.61. The molecule has 0 unspecified atom stereocenters. The second kappa shape index (κ2) is 10.2. The average Bonchev–Trinajstić information content (AvgIpc) is 2.67. The molecule has 0 fully saturated rings. The van der Waals surface area contributed by atoms with Gasteiger partial charge in [-0.2, -0.15) is 0 Å². The van der Waals surface area contributed by atoms with Crippen LogP contribution in [0.15, 0.2) is 64.6 Å². The third-order valence-corrected chi connectivity index (χ3v) is 5.04. The standard InChI is InChI=1S/C23H21Cl2N3.Fe/c1-14-8-5-10-18(24)22(14)26-16(3)20-12-7-13-21(28-20)17(4)27-23-15(2)9-6-11-19(23)25;/h5-13H,1-4H3;. The van der Waals surface area contributed by atoms with E-state index < -0.39 is 0 Å². The Hall–Kier alpha value is -1.97. The molecule has 0 saturated heterocycles. The molecule has 1 heterocycles. The van der Waals surface area contributed by atoms with Gasteiger partial charge in [0.2, 0.25) is 0 Å². The van der Waals surface area contributed by atoms with E-state index >= 15 is 0 Å². The molecular formula is C23H21Cl2FeN3. The van der Waals surface area contributed by atoms with Gasteiger partial charge in [0, 0.05) is 17.1 Å². The molecule has 0 radical (unpaired) electrons. The molecule has 150 valence electrons. The summed E-state index contributed by atoms with van der Waals surface area (Å²) in [5.74, 6) is 0. The minimum Gasteiger partial charge on any atom is -0.250 e. The number of aryl methyl sites for hydroxylation is 2. The van der Waals surface area contributed by atoms with Crippen molar-refractivity contribution < 1.29 is 17.1 Å². The third-order valence-electron chi connectivity index (χ3n) is 4.43. The topological polar surface area (TPSA) is 37.6 Å². The van der Waals surface area contributed by atoms with Gasteiger partial charge < -0.3 is 0 Å². The van der Waals surface area contributed by atoms with Crippen molar-refractivity contribution in [2.45, 2.75) is 27.7 Å². The van der Waals surface area contributed by atoms with Crippen molar-refractivity contribution in [3.05, 3.63) is 87.2 Å². The van der Waals surface area contributed by atoms with Crippen molar-refractivity contribution in [3.63, 3.8) is 0 Å². The van der Waals surface area contributed by atoms with Crippen LogP contribution in [0.3, 0.4) is 0 Å². The quantitative estimate of drug-likeness (QED) is 0.294. The summed E-state index contributed by atoms with van der Waals surface area (Å²) in [6.07, 6.45) is 0. The molecule has 0 aliphatic carbocycles. The molecule has 29 heavy (non-hydrogen) atoms. The van der Waals surface area contributed by atoms with Crippen LogP contribution in [0, 0.1) is 13.8 Å². The van der Waals surface area contributed by atoms with Crippen LogP contribution in [-0.4, -0.2) is 16.4 Å². The van der Waals surface area contributed by atoms with Crippen LogP contribution in [-0.2, 0) is 17.1 Å². The number of aromatic nitrogens is 1. The van der Waals surface area contributed by atoms with Crippen molar-refractivity contribution in [3.8, 4) is 0 Å². The molecule has 0 N–H and O–H groups in total. The fourth-order valence-electron chi connectivity index (χ4n) is 2.82. The molecule has 0 saturated carbocycles. The third kappa shape index (κ3) is 5.55. The van der Waals surface area contributed by atoms with Gasteiger partial charge in [0.1, 0.15) is 0 Å². The molecule has 3 rings (SSSR count). The minimum absolute atomic E-state index is 0. The van der Waals surface area contributed by atoms with Gasteiger partial charge in [-0.15, -0.1) is 0 Å². The molecule has 0 amide bonds. The number of benzene rings is 2.